The van der Waals surface area contributed by atoms with Crippen molar-refractivity contribution in [3.05, 3.63) is 132 Å². The summed E-state index contributed by atoms with van der Waals surface area (Å²) < 4.78 is 35.2. The van der Waals surface area contributed by atoms with Crippen LogP contribution in [0.25, 0.3) is 23.0 Å². The first-order chi connectivity index (χ1) is 23.4. The molecule has 1 fully saturated rings. The molecular formula is C37H33N5O4S2. The molecule has 0 bridgehead atoms. The molecule has 4 aromatic carbocycles. The molecule has 0 radical (unpaired) electrons. The van der Waals surface area contributed by atoms with Crippen LogP contribution in [-0.4, -0.2) is 66.2 Å². The fourth-order valence-electron chi connectivity index (χ4n) is 5.55. The minimum Gasteiger partial charge on any atom is -0.379 e. The summed E-state index contributed by atoms with van der Waals surface area (Å²) in [6.07, 6.45) is 3.74. The third kappa shape index (κ3) is 6.63. The summed E-state index contributed by atoms with van der Waals surface area (Å²) in [4.78, 5) is 15.3. The van der Waals surface area contributed by atoms with E-state index < -0.39 is 10.0 Å². The van der Waals surface area contributed by atoms with Crippen molar-refractivity contribution >= 4 is 45.2 Å². The topological polar surface area (TPSA) is 97.1 Å². The summed E-state index contributed by atoms with van der Waals surface area (Å²) in [6, 6.07) is 34.1. The van der Waals surface area contributed by atoms with Gasteiger partial charge in [0.2, 0.25) is 10.0 Å². The van der Waals surface area contributed by atoms with E-state index in [-0.39, 0.29) is 10.8 Å². The molecule has 1 amide bonds. The van der Waals surface area contributed by atoms with E-state index in [1.807, 2.05) is 72.9 Å². The number of hydrazone groups is 1. The Morgan fingerprint density at radius 3 is 2.15 bits per heavy atom. The Labute approximate surface area is 284 Å². The van der Waals surface area contributed by atoms with E-state index in [1.165, 1.54) is 14.9 Å². The molecule has 242 valence electrons. The number of morpholine rings is 1. The first kappa shape index (κ1) is 31.8. The lowest BCUT2D eigenvalue weighted by molar-refractivity contribution is -0.114. The number of hydrogen-bond acceptors (Lipinski definition) is 7. The lowest BCUT2D eigenvalue weighted by atomic mass is 10.0. The molecule has 0 aliphatic carbocycles. The van der Waals surface area contributed by atoms with Crippen LogP contribution < -0.4 is 5.01 Å². The van der Waals surface area contributed by atoms with E-state index in [2.05, 4.69) is 31.2 Å². The van der Waals surface area contributed by atoms with Crippen molar-refractivity contribution in [3.8, 4) is 16.9 Å². The lowest BCUT2D eigenvalue weighted by Gasteiger charge is -2.26. The zero-order chi connectivity index (χ0) is 33.1. The van der Waals surface area contributed by atoms with Gasteiger partial charge < -0.3 is 4.74 Å². The van der Waals surface area contributed by atoms with Crippen molar-refractivity contribution < 1.29 is 17.9 Å². The van der Waals surface area contributed by atoms with Crippen molar-refractivity contribution in [1.29, 1.82) is 0 Å². The number of sulfonamides is 1. The van der Waals surface area contributed by atoms with Gasteiger partial charge in [-0.2, -0.15) is 19.5 Å². The quantitative estimate of drug-likeness (QED) is 0.132. The molecule has 3 heterocycles. The van der Waals surface area contributed by atoms with Crippen molar-refractivity contribution in [1.82, 2.24) is 14.1 Å². The standard InChI is InChI=1S/C37H33N5O4S2/c1-27-12-16-32(17-13-27)47-26-35-34(37(43)42(38-35)31-10-6-3-7-11-31)24-29-25-41(30-8-4-2-5-9-30)39-36(29)28-14-18-33(19-15-28)48(44,45)40-20-22-46-23-21-40/h2-19,24-25H,20-23,26H2,1H3. The lowest BCUT2D eigenvalue weighted by Crippen LogP contribution is -2.40. The number of aryl methyl sites for hydroxylation is 1. The molecule has 7 rings (SSSR count). The van der Waals surface area contributed by atoms with Crippen molar-refractivity contribution in [3.63, 3.8) is 0 Å². The van der Waals surface area contributed by atoms with Crippen LogP contribution in [0.2, 0.25) is 0 Å². The smallest absolute Gasteiger partial charge is 0.280 e. The number of nitrogens with zero attached hydrogens (tertiary/aromatic N) is 5. The van der Waals surface area contributed by atoms with E-state index in [0.29, 0.717) is 60.3 Å². The van der Waals surface area contributed by atoms with Gasteiger partial charge in [0.25, 0.3) is 5.91 Å². The normalized spacial score (nSPS) is 16.4. The summed E-state index contributed by atoms with van der Waals surface area (Å²) in [7, 11) is -3.66. The van der Waals surface area contributed by atoms with Gasteiger partial charge in [0, 0.05) is 41.1 Å². The number of para-hydroxylation sites is 2. The zero-order valence-corrected chi connectivity index (χ0v) is 27.9. The predicted octanol–water partition coefficient (Wildman–Crippen LogP) is 6.45. The number of benzene rings is 4. The number of carbonyl (C=O) groups is 1. The molecule has 1 aromatic heterocycles. The van der Waals surface area contributed by atoms with Crippen molar-refractivity contribution in [2.45, 2.75) is 16.7 Å². The van der Waals surface area contributed by atoms with Gasteiger partial charge in [-0.3, -0.25) is 4.79 Å². The van der Waals surface area contributed by atoms with Crippen LogP contribution in [0, 0.1) is 6.92 Å². The largest absolute Gasteiger partial charge is 0.379 e. The Morgan fingerprint density at radius 1 is 0.833 bits per heavy atom. The van der Waals surface area contributed by atoms with Gasteiger partial charge in [0.15, 0.2) is 0 Å². The Kier molecular flexibility index (Phi) is 9.09. The number of carbonyl (C=O) groups excluding carboxylic acids is 1. The summed E-state index contributed by atoms with van der Waals surface area (Å²) in [5, 5.41) is 11.2. The highest BCUT2D eigenvalue weighted by Crippen LogP contribution is 2.32. The van der Waals surface area contributed by atoms with Gasteiger partial charge in [0.1, 0.15) is 0 Å². The number of rotatable bonds is 9. The maximum absolute atomic E-state index is 14.0. The van der Waals surface area contributed by atoms with E-state index in [0.717, 1.165) is 16.1 Å². The van der Waals surface area contributed by atoms with Crippen molar-refractivity contribution in [2.75, 3.05) is 37.1 Å². The fraction of sp³-hybridized carbons (Fsp3) is 0.162. The molecule has 48 heavy (non-hydrogen) atoms. The van der Waals surface area contributed by atoms with Gasteiger partial charge in [-0.25, -0.2) is 13.1 Å². The van der Waals surface area contributed by atoms with E-state index in [1.54, 1.807) is 40.7 Å². The highest BCUT2D eigenvalue weighted by molar-refractivity contribution is 8.00. The molecule has 0 unspecified atom stereocenters. The number of hydrogen-bond donors (Lipinski definition) is 0. The molecule has 2 aliphatic heterocycles. The number of anilines is 1. The molecule has 0 atom stereocenters. The number of aromatic nitrogens is 2. The molecule has 5 aromatic rings. The average Bonchev–Trinajstić information content (AvgIpc) is 3.70. The number of amides is 1. The Hall–Kier alpha value is -4.81. The van der Waals surface area contributed by atoms with E-state index >= 15 is 0 Å². The minimum absolute atomic E-state index is 0.211. The van der Waals surface area contributed by atoms with Gasteiger partial charge in [0.05, 0.1) is 46.5 Å². The fourth-order valence-corrected chi connectivity index (χ4v) is 7.80. The van der Waals surface area contributed by atoms with Crippen LogP contribution in [0.3, 0.4) is 0 Å². The van der Waals surface area contributed by atoms with Crippen molar-refractivity contribution in [2.24, 2.45) is 5.10 Å². The zero-order valence-electron chi connectivity index (χ0n) is 26.3. The van der Waals surface area contributed by atoms with Gasteiger partial charge in [-0.1, -0.05) is 66.2 Å². The summed E-state index contributed by atoms with van der Waals surface area (Å²) >= 11 is 1.62. The Morgan fingerprint density at radius 2 is 1.48 bits per heavy atom. The van der Waals surface area contributed by atoms with Gasteiger partial charge in [-0.05, 0) is 61.5 Å². The molecule has 1 saturated heterocycles. The third-order valence-corrected chi connectivity index (χ3v) is 11.1. The Bertz CT molecular complexity index is 2090. The maximum atomic E-state index is 14.0. The summed E-state index contributed by atoms with van der Waals surface area (Å²) in [6.45, 7) is 3.45. The minimum atomic E-state index is -3.66. The molecular weight excluding hydrogens is 643 g/mol. The third-order valence-electron chi connectivity index (χ3n) is 8.15. The molecule has 9 nitrogen and oxygen atoms in total. The van der Waals surface area contributed by atoms with Crippen LogP contribution in [-0.2, 0) is 19.6 Å². The monoisotopic (exact) mass is 675 g/mol. The maximum Gasteiger partial charge on any atom is 0.280 e. The second-order valence-corrected chi connectivity index (χ2v) is 14.4. The SMILES string of the molecule is Cc1ccc(SCC2=NN(c3ccccc3)C(=O)C2=Cc2cn(-c3ccccc3)nc2-c2ccc(S(=O)(=O)N3CCOCC3)cc2)cc1. The molecule has 2 aliphatic rings. The first-order valence-electron chi connectivity index (χ1n) is 15.6. The predicted molar refractivity (Wildman–Crippen MR) is 190 cm³/mol. The van der Waals surface area contributed by atoms with Crippen LogP contribution in [0.15, 0.2) is 136 Å². The first-order valence-corrected chi connectivity index (χ1v) is 18.0. The summed E-state index contributed by atoms with van der Waals surface area (Å²) in [5.41, 5.74) is 5.86. The average molecular weight is 676 g/mol. The number of ether oxygens (including phenoxy) is 1. The molecule has 11 heteroatoms. The highest BCUT2D eigenvalue weighted by atomic mass is 32.2. The highest BCUT2D eigenvalue weighted by Gasteiger charge is 2.32. The molecule has 0 N–H and O–H groups in total. The Balaban J connectivity index is 1.28. The second kappa shape index (κ2) is 13.7. The van der Waals surface area contributed by atoms with Crippen LogP contribution in [0.5, 0.6) is 0 Å². The van der Waals surface area contributed by atoms with E-state index in [4.69, 9.17) is 14.9 Å². The van der Waals surface area contributed by atoms with Gasteiger partial charge in [-0.15, -0.1) is 11.8 Å². The van der Waals surface area contributed by atoms with Gasteiger partial charge >= 0.3 is 0 Å². The molecule has 0 saturated carbocycles. The molecule has 0 spiro atoms. The number of thioether (sulfide) groups is 1. The van der Waals surface area contributed by atoms with Crippen LogP contribution in [0.4, 0.5) is 5.69 Å². The van der Waals surface area contributed by atoms with E-state index in [9.17, 15) is 13.2 Å². The van der Waals surface area contributed by atoms with Crippen LogP contribution >= 0.6 is 11.8 Å². The van der Waals surface area contributed by atoms with Crippen LogP contribution in [0.1, 0.15) is 11.1 Å². The summed E-state index contributed by atoms with van der Waals surface area (Å²) in [5.74, 6) is 0.256. The second-order valence-electron chi connectivity index (χ2n) is 11.4.